The molecule has 410 valence electrons. The lowest BCUT2D eigenvalue weighted by atomic mass is 9.99. The van der Waals surface area contributed by atoms with Gasteiger partial charge in [0.2, 0.25) is 5.91 Å². The van der Waals surface area contributed by atoms with Gasteiger partial charge < -0.3 is 35.2 Å². The molecule has 0 aliphatic carbocycles. The number of allylic oxidation sites excluding steroid dienone is 2. The third kappa shape index (κ3) is 39.0. The molecule has 1 amide bonds. The van der Waals surface area contributed by atoms with E-state index in [9.17, 15) is 38.2 Å². The first-order chi connectivity index (χ1) is 33.5. The minimum atomic E-state index is -5.08. The standard InChI is InChI=1S/C56H109NO11S/c1-3-5-7-9-11-13-15-17-19-21-22-23-24-25-26-27-28-30-32-34-36-38-40-42-44-46-52(60)57-49(48-66-56-54(62)55(68-69(63,64)65)53(61)51(47-58)67-56)50(59)45-43-41-39-37-35-33-31-29-20-18-16-14-12-10-8-6-4-2/h25-26,49-51,53-56,58-59,61-62H,3-24,27-48H2,1-2H3,(H,57,60)(H,63,64,65)/b26-25-. The Morgan fingerprint density at radius 1 is 0.565 bits per heavy atom. The lowest BCUT2D eigenvalue weighted by Gasteiger charge is -2.41. The van der Waals surface area contributed by atoms with Crippen LogP contribution in [0.1, 0.15) is 284 Å². The van der Waals surface area contributed by atoms with Crippen molar-refractivity contribution in [2.24, 2.45) is 0 Å². The Labute approximate surface area is 423 Å². The Bertz CT molecular complexity index is 1270. The van der Waals surface area contributed by atoms with Crippen LogP contribution in [-0.2, 0) is 28.9 Å². The van der Waals surface area contributed by atoms with Crippen LogP contribution >= 0.6 is 0 Å². The third-order valence-electron chi connectivity index (χ3n) is 14.1. The Balaban J connectivity index is 2.33. The second-order valence-corrected chi connectivity index (χ2v) is 21.6. The molecule has 7 atom stereocenters. The van der Waals surface area contributed by atoms with Crippen LogP contribution in [0.25, 0.3) is 0 Å². The topological polar surface area (TPSA) is 192 Å². The highest BCUT2D eigenvalue weighted by Crippen LogP contribution is 2.26. The van der Waals surface area contributed by atoms with Gasteiger partial charge in [0, 0.05) is 6.42 Å². The maximum Gasteiger partial charge on any atom is 0.397 e. The molecule has 1 heterocycles. The highest BCUT2D eigenvalue weighted by Gasteiger charge is 2.48. The minimum Gasteiger partial charge on any atom is -0.394 e. The average Bonchev–Trinajstić information content (AvgIpc) is 3.32. The molecule has 0 spiro atoms. The number of ether oxygens (including phenoxy) is 2. The van der Waals surface area contributed by atoms with E-state index in [0.717, 1.165) is 51.4 Å². The molecule has 0 aromatic rings. The predicted octanol–water partition coefficient (Wildman–Crippen LogP) is 13.5. The lowest BCUT2D eigenvalue weighted by Crippen LogP contribution is -2.61. The van der Waals surface area contributed by atoms with E-state index < -0.39 is 59.9 Å². The number of carbonyl (C=O) groups excluding carboxylic acids is 1. The van der Waals surface area contributed by atoms with Crippen LogP contribution in [0.15, 0.2) is 12.2 Å². The fraction of sp³-hybridized carbons (Fsp3) is 0.946. The smallest absolute Gasteiger partial charge is 0.394 e. The lowest BCUT2D eigenvalue weighted by molar-refractivity contribution is -0.298. The molecule has 7 unspecified atom stereocenters. The summed E-state index contributed by atoms with van der Waals surface area (Å²) >= 11 is 0. The summed E-state index contributed by atoms with van der Waals surface area (Å²) in [5, 5.41) is 45.1. The first kappa shape index (κ1) is 65.9. The van der Waals surface area contributed by atoms with Crippen LogP contribution < -0.4 is 5.32 Å². The highest BCUT2D eigenvalue weighted by atomic mass is 32.3. The fourth-order valence-electron chi connectivity index (χ4n) is 9.57. The van der Waals surface area contributed by atoms with Crippen molar-refractivity contribution in [3.8, 4) is 0 Å². The van der Waals surface area contributed by atoms with Crippen LogP contribution in [0, 0.1) is 0 Å². The Morgan fingerprint density at radius 3 is 1.30 bits per heavy atom. The van der Waals surface area contributed by atoms with E-state index in [4.69, 9.17) is 9.47 Å². The molecule has 1 aliphatic rings. The molecule has 6 N–H and O–H groups in total. The van der Waals surface area contributed by atoms with Gasteiger partial charge in [-0.1, -0.05) is 251 Å². The molecule has 12 nitrogen and oxygen atoms in total. The molecule has 1 aliphatic heterocycles. The second-order valence-electron chi connectivity index (χ2n) is 20.6. The van der Waals surface area contributed by atoms with Crippen molar-refractivity contribution in [3.05, 3.63) is 12.2 Å². The van der Waals surface area contributed by atoms with E-state index in [1.165, 1.54) is 205 Å². The molecule has 0 saturated carbocycles. The summed E-state index contributed by atoms with van der Waals surface area (Å²) in [4.78, 5) is 13.1. The number of amides is 1. The second kappa shape index (κ2) is 46.6. The van der Waals surface area contributed by atoms with Crippen molar-refractivity contribution < 1.29 is 51.8 Å². The molecule has 0 aromatic heterocycles. The van der Waals surface area contributed by atoms with E-state index in [1.54, 1.807) is 0 Å². The summed E-state index contributed by atoms with van der Waals surface area (Å²) in [6, 6.07) is -0.857. The Kier molecular flexibility index (Phi) is 44.5. The van der Waals surface area contributed by atoms with Gasteiger partial charge in [0.25, 0.3) is 0 Å². The first-order valence-corrected chi connectivity index (χ1v) is 30.4. The number of hydrogen-bond donors (Lipinski definition) is 6. The highest BCUT2D eigenvalue weighted by molar-refractivity contribution is 7.80. The zero-order chi connectivity index (χ0) is 50.5. The van der Waals surface area contributed by atoms with E-state index in [2.05, 4.69) is 35.5 Å². The summed E-state index contributed by atoms with van der Waals surface area (Å²) in [5.74, 6) is -0.227. The van der Waals surface area contributed by atoms with Crippen LogP contribution in [0.5, 0.6) is 0 Å². The van der Waals surface area contributed by atoms with Gasteiger partial charge in [-0.25, -0.2) is 4.18 Å². The van der Waals surface area contributed by atoms with E-state index in [-0.39, 0.29) is 12.5 Å². The van der Waals surface area contributed by atoms with Crippen LogP contribution in [0.3, 0.4) is 0 Å². The third-order valence-corrected chi connectivity index (χ3v) is 14.5. The van der Waals surface area contributed by atoms with Gasteiger partial charge in [-0.2, -0.15) is 8.42 Å². The Hall–Kier alpha value is -1.16. The molecule has 0 radical (unpaired) electrons. The molecule has 69 heavy (non-hydrogen) atoms. The number of carbonyl (C=O) groups is 1. The van der Waals surface area contributed by atoms with Gasteiger partial charge in [-0.05, 0) is 38.5 Å². The molecule has 0 aromatic carbocycles. The minimum absolute atomic E-state index is 0.227. The van der Waals surface area contributed by atoms with Gasteiger partial charge in [-0.3, -0.25) is 9.35 Å². The van der Waals surface area contributed by atoms with Crippen LogP contribution in [-0.4, -0.2) is 95.4 Å². The number of aliphatic hydroxyl groups is 4. The number of rotatable bonds is 51. The maximum atomic E-state index is 13.1. The number of unbranched alkanes of at least 4 members (excludes halogenated alkanes) is 37. The molecular formula is C56H109NO11S. The van der Waals surface area contributed by atoms with Crippen molar-refractivity contribution in [3.63, 3.8) is 0 Å². The molecule has 13 heteroatoms. The first-order valence-electron chi connectivity index (χ1n) is 29.1. The van der Waals surface area contributed by atoms with Crippen molar-refractivity contribution in [1.29, 1.82) is 0 Å². The van der Waals surface area contributed by atoms with Gasteiger partial charge in [0.1, 0.15) is 24.4 Å². The van der Waals surface area contributed by atoms with Crippen molar-refractivity contribution in [2.45, 2.75) is 326 Å². The van der Waals surface area contributed by atoms with E-state index in [0.29, 0.717) is 12.8 Å². The van der Waals surface area contributed by atoms with Gasteiger partial charge >= 0.3 is 10.4 Å². The summed E-state index contributed by atoms with van der Waals surface area (Å²) < 4.78 is 47.9. The fourth-order valence-corrected chi connectivity index (χ4v) is 10.1. The van der Waals surface area contributed by atoms with Gasteiger partial charge in [0.05, 0.1) is 25.4 Å². The molecule has 0 bridgehead atoms. The predicted molar refractivity (Wildman–Crippen MR) is 282 cm³/mol. The largest absolute Gasteiger partial charge is 0.397 e. The quantitative estimate of drug-likeness (QED) is 0.0193. The summed E-state index contributed by atoms with van der Waals surface area (Å²) in [5.41, 5.74) is 0. The average molecular weight is 1000 g/mol. The normalized spacial score (nSPS) is 19.7. The van der Waals surface area contributed by atoms with Gasteiger partial charge in [0.15, 0.2) is 6.29 Å². The Morgan fingerprint density at radius 2 is 0.928 bits per heavy atom. The summed E-state index contributed by atoms with van der Waals surface area (Å²) in [6.07, 6.45) is 46.4. The molecule has 1 saturated heterocycles. The summed E-state index contributed by atoms with van der Waals surface area (Å²) in [7, 11) is -5.08. The zero-order valence-electron chi connectivity index (χ0n) is 44.4. The van der Waals surface area contributed by atoms with Gasteiger partial charge in [-0.15, -0.1) is 0 Å². The zero-order valence-corrected chi connectivity index (χ0v) is 45.2. The number of hydrogen-bond acceptors (Lipinski definition) is 10. The molecule has 1 fully saturated rings. The van der Waals surface area contributed by atoms with Crippen LogP contribution in [0.2, 0.25) is 0 Å². The SMILES string of the molecule is CCCCCCCCCCCCCC/C=C\CCCCCCCCCCCC(=O)NC(COC1OC(CO)C(O)C(OS(=O)(=O)O)C1O)C(O)CCCCCCCCCCCCCCCCCCC. The van der Waals surface area contributed by atoms with Crippen molar-refractivity contribution in [2.75, 3.05) is 13.2 Å². The number of nitrogens with one attached hydrogen (secondary N) is 1. The molecular weight excluding hydrogens is 895 g/mol. The molecule has 1 rings (SSSR count). The monoisotopic (exact) mass is 1000 g/mol. The van der Waals surface area contributed by atoms with E-state index >= 15 is 0 Å². The summed E-state index contributed by atoms with van der Waals surface area (Å²) in [6.45, 7) is 3.49. The van der Waals surface area contributed by atoms with E-state index in [1.807, 2.05) is 0 Å². The number of aliphatic hydroxyl groups excluding tert-OH is 4. The van der Waals surface area contributed by atoms with Crippen LogP contribution in [0.4, 0.5) is 0 Å². The van der Waals surface area contributed by atoms with Crippen molar-refractivity contribution >= 4 is 16.3 Å². The maximum absolute atomic E-state index is 13.1. The van der Waals surface area contributed by atoms with Crippen molar-refractivity contribution in [1.82, 2.24) is 5.32 Å².